The van der Waals surface area contributed by atoms with E-state index in [4.69, 9.17) is 9.47 Å². The maximum Gasteiger partial charge on any atom is 0.418 e. The molecule has 1 aliphatic rings. The zero-order valence-electron chi connectivity index (χ0n) is 16.8. The smallest absolute Gasteiger partial charge is 0.418 e. The molecule has 32 heavy (non-hydrogen) atoms. The summed E-state index contributed by atoms with van der Waals surface area (Å²) in [5, 5.41) is 0. The molecule has 0 bridgehead atoms. The number of alkyl halides is 3. The fraction of sp³-hybridized carbons (Fsp3) is 0.217. The molecule has 0 aliphatic carbocycles. The minimum Gasteiger partial charge on any atom is -0.491 e. The van der Waals surface area contributed by atoms with Gasteiger partial charge in [-0.15, -0.1) is 0 Å². The predicted octanol–water partition coefficient (Wildman–Crippen LogP) is 5.15. The number of halogens is 3. The van der Waals surface area contributed by atoms with E-state index in [1.54, 1.807) is 48.5 Å². The zero-order chi connectivity index (χ0) is 22.8. The molecule has 3 aromatic carbocycles. The molecule has 0 saturated carbocycles. The van der Waals surface area contributed by atoms with Crippen molar-refractivity contribution in [2.75, 3.05) is 17.5 Å². The van der Waals surface area contributed by atoms with Crippen LogP contribution in [0.1, 0.15) is 11.1 Å². The third-order valence-corrected chi connectivity index (χ3v) is 6.45. The van der Waals surface area contributed by atoms with Gasteiger partial charge in [0.1, 0.15) is 18.5 Å². The Kier molecular flexibility index (Phi) is 6.12. The van der Waals surface area contributed by atoms with Crippen LogP contribution >= 0.6 is 0 Å². The van der Waals surface area contributed by atoms with Crippen LogP contribution in [-0.4, -0.2) is 27.7 Å². The summed E-state index contributed by atoms with van der Waals surface area (Å²) in [5.74, 6) is -0.470. The molecule has 168 valence electrons. The Morgan fingerprint density at radius 2 is 1.59 bits per heavy atom. The van der Waals surface area contributed by atoms with Crippen LogP contribution in [-0.2, 0) is 26.7 Å². The normalized spacial score (nSPS) is 15.9. The minimum atomic E-state index is -4.81. The highest BCUT2D eigenvalue weighted by atomic mass is 32.2. The van der Waals surface area contributed by atoms with Crippen molar-refractivity contribution in [3.8, 4) is 5.75 Å². The number of hydrogen-bond acceptors (Lipinski definition) is 4. The van der Waals surface area contributed by atoms with Gasteiger partial charge in [0.2, 0.25) is 10.0 Å². The fourth-order valence-corrected chi connectivity index (χ4v) is 4.87. The Morgan fingerprint density at radius 3 is 2.19 bits per heavy atom. The SMILES string of the molecule is O=S(=O)(Cc1ccccc1)N(c1ccccc1)c1ccc(OCC2CO2)cc1C(F)(F)F. The number of para-hydroxylation sites is 1. The van der Waals surface area contributed by atoms with E-state index >= 15 is 0 Å². The van der Waals surface area contributed by atoms with Crippen molar-refractivity contribution in [1.29, 1.82) is 0 Å². The molecular weight excluding hydrogens is 443 g/mol. The van der Waals surface area contributed by atoms with Crippen molar-refractivity contribution in [3.63, 3.8) is 0 Å². The highest BCUT2D eigenvalue weighted by molar-refractivity contribution is 7.92. The van der Waals surface area contributed by atoms with Gasteiger partial charge in [-0.3, -0.25) is 0 Å². The number of sulfonamides is 1. The van der Waals surface area contributed by atoms with Crippen LogP contribution < -0.4 is 9.04 Å². The summed E-state index contributed by atoms with van der Waals surface area (Å²) in [4.78, 5) is 0. The summed E-state index contributed by atoms with van der Waals surface area (Å²) < 4.78 is 80.0. The van der Waals surface area contributed by atoms with Crippen molar-refractivity contribution in [3.05, 3.63) is 90.0 Å². The van der Waals surface area contributed by atoms with Gasteiger partial charge in [-0.1, -0.05) is 48.5 Å². The largest absolute Gasteiger partial charge is 0.491 e. The van der Waals surface area contributed by atoms with Crippen LogP contribution in [0.15, 0.2) is 78.9 Å². The van der Waals surface area contributed by atoms with Crippen LogP contribution in [0.5, 0.6) is 5.75 Å². The number of benzene rings is 3. The molecule has 1 unspecified atom stereocenters. The molecular formula is C23H20F3NO4S. The lowest BCUT2D eigenvalue weighted by molar-refractivity contribution is -0.137. The second-order valence-corrected chi connectivity index (χ2v) is 9.10. The highest BCUT2D eigenvalue weighted by Crippen LogP contribution is 2.43. The summed E-state index contributed by atoms with van der Waals surface area (Å²) in [6, 6.07) is 19.3. The molecule has 3 aromatic rings. The van der Waals surface area contributed by atoms with Gasteiger partial charge in [-0.05, 0) is 35.9 Å². The van der Waals surface area contributed by atoms with Crippen molar-refractivity contribution in [2.24, 2.45) is 0 Å². The van der Waals surface area contributed by atoms with Crippen molar-refractivity contribution in [1.82, 2.24) is 0 Å². The summed E-state index contributed by atoms with van der Waals surface area (Å²) in [7, 11) is -4.22. The first-order chi connectivity index (χ1) is 15.2. The lowest BCUT2D eigenvalue weighted by Crippen LogP contribution is -2.29. The second-order valence-electron chi connectivity index (χ2n) is 7.28. The molecule has 1 saturated heterocycles. The van der Waals surface area contributed by atoms with Crippen molar-refractivity contribution < 1.29 is 31.1 Å². The quantitative estimate of drug-likeness (QED) is 0.434. The summed E-state index contributed by atoms with van der Waals surface area (Å²) in [6.45, 7) is 0.634. The number of anilines is 2. The van der Waals surface area contributed by atoms with Gasteiger partial charge in [-0.2, -0.15) is 13.2 Å². The number of rotatable bonds is 8. The van der Waals surface area contributed by atoms with E-state index in [1.807, 2.05) is 0 Å². The average molecular weight is 463 g/mol. The number of hydrogen-bond donors (Lipinski definition) is 0. The van der Waals surface area contributed by atoms with Gasteiger partial charge in [0.25, 0.3) is 0 Å². The molecule has 4 rings (SSSR count). The summed E-state index contributed by atoms with van der Waals surface area (Å²) >= 11 is 0. The average Bonchev–Trinajstić information content (AvgIpc) is 3.58. The van der Waals surface area contributed by atoms with Gasteiger partial charge < -0.3 is 9.47 Å². The zero-order valence-corrected chi connectivity index (χ0v) is 17.6. The van der Waals surface area contributed by atoms with Gasteiger partial charge in [-0.25, -0.2) is 12.7 Å². The molecule has 1 atom stereocenters. The minimum absolute atomic E-state index is 0.00922. The van der Waals surface area contributed by atoms with E-state index in [1.165, 1.54) is 18.2 Å². The van der Waals surface area contributed by atoms with Crippen molar-refractivity contribution >= 4 is 21.4 Å². The maximum atomic E-state index is 14.0. The van der Waals surface area contributed by atoms with Crippen LogP contribution in [0.3, 0.4) is 0 Å². The molecule has 1 fully saturated rings. The molecule has 1 heterocycles. The van der Waals surface area contributed by atoms with E-state index in [2.05, 4.69) is 0 Å². The predicted molar refractivity (Wildman–Crippen MR) is 114 cm³/mol. The Bertz CT molecular complexity index is 1160. The summed E-state index contributed by atoms with van der Waals surface area (Å²) in [6.07, 6.45) is -4.93. The van der Waals surface area contributed by atoms with Crippen LogP contribution in [0, 0.1) is 0 Å². The molecule has 1 aliphatic heterocycles. The van der Waals surface area contributed by atoms with Crippen LogP contribution in [0.25, 0.3) is 0 Å². The Morgan fingerprint density at radius 1 is 0.969 bits per heavy atom. The third kappa shape index (κ3) is 5.23. The monoisotopic (exact) mass is 463 g/mol. The van der Waals surface area contributed by atoms with E-state index in [9.17, 15) is 21.6 Å². The molecule has 9 heteroatoms. The molecule has 0 N–H and O–H groups in total. The molecule has 0 amide bonds. The number of epoxide rings is 1. The standard InChI is InChI=1S/C23H20F3NO4S/c24-23(25,26)21-13-19(30-14-20-15-31-20)11-12-22(21)27(18-9-5-2-6-10-18)32(28,29)16-17-7-3-1-4-8-17/h1-13,20H,14-16H2. The Balaban J connectivity index is 1.80. The molecule has 5 nitrogen and oxygen atoms in total. The van der Waals surface area contributed by atoms with Crippen LogP contribution in [0.2, 0.25) is 0 Å². The number of nitrogens with zero attached hydrogens (tertiary/aromatic N) is 1. The van der Waals surface area contributed by atoms with Gasteiger partial charge in [0.05, 0.1) is 29.3 Å². The van der Waals surface area contributed by atoms with Gasteiger partial charge in [0, 0.05) is 0 Å². The van der Waals surface area contributed by atoms with E-state index < -0.39 is 33.2 Å². The summed E-state index contributed by atoms with van der Waals surface area (Å²) in [5.41, 5.74) is -1.03. The second kappa shape index (κ2) is 8.84. The topological polar surface area (TPSA) is 59.1 Å². The van der Waals surface area contributed by atoms with Gasteiger partial charge >= 0.3 is 6.18 Å². The molecule has 0 aromatic heterocycles. The van der Waals surface area contributed by atoms with Gasteiger partial charge in [0.15, 0.2) is 0 Å². The Hall–Kier alpha value is -3.04. The first kappa shape index (κ1) is 22.2. The van der Waals surface area contributed by atoms with Crippen LogP contribution in [0.4, 0.5) is 24.5 Å². The van der Waals surface area contributed by atoms with Crippen molar-refractivity contribution in [2.45, 2.75) is 18.0 Å². The first-order valence-electron chi connectivity index (χ1n) is 9.82. The van der Waals surface area contributed by atoms with E-state index in [0.717, 1.165) is 16.4 Å². The maximum absolute atomic E-state index is 14.0. The number of ether oxygens (including phenoxy) is 2. The molecule has 0 spiro atoms. The lowest BCUT2D eigenvalue weighted by Gasteiger charge is -2.28. The fourth-order valence-electron chi connectivity index (χ4n) is 3.22. The lowest BCUT2D eigenvalue weighted by atomic mass is 10.1. The third-order valence-electron chi connectivity index (χ3n) is 4.79. The highest BCUT2D eigenvalue weighted by Gasteiger charge is 2.39. The first-order valence-corrected chi connectivity index (χ1v) is 11.4. The van der Waals surface area contributed by atoms with E-state index in [0.29, 0.717) is 12.2 Å². The Labute approximate surface area is 184 Å². The van der Waals surface area contributed by atoms with E-state index in [-0.39, 0.29) is 24.1 Å². The molecule has 0 radical (unpaired) electrons.